The molecule has 0 aromatic rings. The molecule has 0 aliphatic carbocycles. The van der Waals surface area contributed by atoms with E-state index in [-0.39, 0.29) is 23.4 Å². The second kappa shape index (κ2) is 13.0. The molecule has 124 valence electrons. The molecule has 0 bridgehead atoms. The predicted molar refractivity (Wildman–Crippen MR) is 90.5 cm³/mol. The zero-order valence-corrected chi connectivity index (χ0v) is 14.7. The van der Waals surface area contributed by atoms with Gasteiger partial charge < -0.3 is 0 Å². The number of carbonyl (C=O) groups excluding carboxylic acids is 2. The standard InChI is InChI=1S/C19H36O2/c1-5-6-7-8-9-10-11-12-13-14-15-19(18(4)21)16(2)17(3)20/h16,19H,5-15H2,1-4H3. The Hall–Kier alpha value is -0.660. The molecule has 0 aliphatic heterocycles. The number of ketones is 2. The Balaban J connectivity index is 3.59. The van der Waals surface area contributed by atoms with Gasteiger partial charge >= 0.3 is 0 Å². The first-order valence-electron chi connectivity index (χ1n) is 9.01. The summed E-state index contributed by atoms with van der Waals surface area (Å²) in [6.45, 7) is 7.37. The van der Waals surface area contributed by atoms with Gasteiger partial charge in [-0.1, -0.05) is 78.1 Å². The molecule has 0 aliphatic rings. The molecule has 0 heterocycles. The molecule has 0 amide bonds. The van der Waals surface area contributed by atoms with E-state index in [1.165, 1.54) is 57.8 Å². The second-order valence-electron chi connectivity index (χ2n) is 6.59. The van der Waals surface area contributed by atoms with E-state index in [2.05, 4.69) is 6.92 Å². The van der Waals surface area contributed by atoms with Gasteiger partial charge in [0.25, 0.3) is 0 Å². The molecule has 0 spiro atoms. The van der Waals surface area contributed by atoms with Gasteiger partial charge in [0.1, 0.15) is 11.6 Å². The third-order valence-corrected chi connectivity index (χ3v) is 4.64. The molecule has 21 heavy (non-hydrogen) atoms. The van der Waals surface area contributed by atoms with E-state index >= 15 is 0 Å². The zero-order valence-electron chi connectivity index (χ0n) is 14.7. The first kappa shape index (κ1) is 20.3. The highest BCUT2D eigenvalue weighted by molar-refractivity contribution is 5.87. The van der Waals surface area contributed by atoms with Crippen LogP contribution in [-0.2, 0) is 9.59 Å². The third kappa shape index (κ3) is 10.7. The number of hydrogen-bond acceptors (Lipinski definition) is 2. The fraction of sp³-hybridized carbons (Fsp3) is 0.895. The summed E-state index contributed by atoms with van der Waals surface area (Å²) in [6, 6.07) is 0. The highest BCUT2D eigenvalue weighted by atomic mass is 16.1. The van der Waals surface area contributed by atoms with Crippen molar-refractivity contribution in [2.45, 2.75) is 98.3 Å². The minimum atomic E-state index is -0.110. The fourth-order valence-electron chi connectivity index (χ4n) is 2.94. The van der Waals surface area contributed by atoms with E-state index in [4.69, 9.17) is 0 Å². The van der Waals surface area contributed by atoms with Crippen molar-refractivity contribution in [2.75, 3.05) is 0 Å². The monoisotopic (exact) mass is 296 g/mol. The number of unbranched alkanes of at least 4 members (excludes halogenated alkanes) is 9. The lowest BCUT2D eigenvalue weighted by Crippen LogP contribution is -2.24. The van der Waals surface area contributed by atoms with Crippen LogP contribution in [0.25, 0.3) is 0 Å². The summed E-state index contributed by atoms with van der Waals surface area (Å²) < 4.78 is 0. The van der Waals surface area contributed by atoms with Crippen molar-refractivity contribution >= 4 is 11.6 Å². The van der Waals surface area contributed by atoms with Gasteiger partial charge in [-0.15, -0.1) is 0 Å². The number of carbonyl (C=O) groups is 2. The SMILES string of the molecule is CCCCCCCCCCCCC(C(C)=O)C(C)C(C)=O. The van der Waals surface area contributed by atoms with Gasteiger partial charge in [0.15, 0.2) is 0 Å². The topological polar surface area (TPSA) is 34.1 Å². The van der Waals surface area contributed by atoms with E-state index in [0.29, 0.717) is 0 Å². The summed E-state index contributed by atoms with van der Waals surface area (Å²) in [5.41, 5.74) is 0. The first-order valence-corrected chi connectivity index (χ1v) is 9.01. The van der Waals surface area contributed by atoms with Crippen molar-refractivity contribution in [3.05, 3.63) is 0 Å². The summed E-state index contributed by atoms with van der Waals surface area (Å²) in [5.74, 6) is 0.147. The molecule has 0 radical (unpaired) electrons. The smallest absolute Gasteiger partial charge is 0.133 e. The normalized spacial score (nSPS) is 13.9. The van der Waals surface area contributed by atoms with Gasteiger partial charge in [0, 0.05) is 11.8 Å². The van der Waals surface area contributed by atoms with Crippen LogP contribution in [0.5, 0.6) is 0 Å². The molecule has 2 nitrogen and oxygen atoms in total. The molecule has 0 aromatic heterocycles. The molecular weight excluding hydrogens is 260 g/mol. The highest BCUT2D eigenvalue weighted by Gasteiger charge is 2.24. The van der Waals surface area contributed by atoms with Crippen LogP contribution in [0.2, 0.25) is 0 Å². The van der Waals surface area contributed by atoms with Gasteiger partial charge in [-0.05, 0) is 20.3 Å². The molecule has 0 fully saturated rings. The molecular formula is C19H36O2. The average molecular weight is 296 g/mol. The predicted octanol–water partition coefficient (Wildman–Crippen LogP) is 5.73. The van der Waals surface area contributed by atoms with Gasteiger partial charge in [-0.2, -0.15) is 0 Å². The zero-order chi connectivity index (χ0) is 16.1. The maximum atomic E-state index is 11.6. The molecule has 2 heteroatoms. The second-order valence-corrected chi connectivity index (χ2v) is 6.59. The molecule has 0 saturated carbocycles. The molecule has 0 aromatic carbocycles. The summed E-state index contributed by atoms with van der Waals surface area (Å²) in [7, 11) is 0. The van der Waals surface area contributed by atoms with Crippen LogP contribution in [0, 0.1) is 11.8 Å². The van der Waals surface area contributed by atoms with Crippen LogP contribution in [0.15, 0.2) is 0 Å². The highest BCUT2D eigenvalue weighted by Crippen LogP contribution is 2.21. The minimum Gasteiger partial charge on any atom is -0.300 e. The first-order chi connectivity index (χ1) is 10.0. The molecule has 0 saturated heterocycles. The maximum Gasteiger partial charge on any atom is 0.133 e. The Morgan fingerprint density at radius 3 is 1.52 bits per heavy atom. The quantitative estimate of drug-likeness (QED) is 0.384. The maximum absolute atomic E-state index is 11.6. The van der Waals surface area contributed by atoms with Crippen molar-refractivity contribution in [1.82, 2.24) is 0 Å². The van der Waals surface area contributed by atoms with Crippen LogP contribution < -0.4 is 0 Å². The number of rotatable bonds is 14. The van der Waals surface area contributed by atoms with Gasteiger partial charge in [0.05, 0.1) is 0 Å². The summed E-state index contributed by atoms with van der Waals surface area (Å²) in [6.07, 6.45) is 13.9. The Kier molecular flexibility index (Phi) is 12.6. The van der Waals surface area contributed by atoms with Crippen LogP contribution in [0.3, 0.4) is 0 Å². The van der Waals surface area contributed by atoms with Crippen LogP contribution in [0.4, 0.5) is 0 Å². The minimum absolute atomic E-state index is 0.0588. The van der Waals surface area contributed by atoms with E-state index in [1.54, 1.807) is 13.8 Å². The van der Waals surface area contributed by atoms with E-state index in [9.17, 15) is 9.59 Å². The van der Waals surface area contributed by atoms with Crippen LogP contribution >= 0.6 is 0 Å². The lowest BCUT2D eigenvalue weighted by molar-refractivity contribution is -0.129. The molecule has 2 unspecified atom stereocenters. The summed E-state index contributed by atoms with van der Waals surface area (Å²) in [4.78, 5) is 23.0. The molecule has 0 N–H and O–H groups in total. The lowest BCUT2D eigenvalue weighted by Gasteiger charge is -2.19. The molecule has 2 atom stereocenters. The lowest BCUT2D eigenvalue weighted by atomic mass is 9.84. The van der Waals surface area contributed by atoms with E-state index < -0.39 is 0 Å². The van der Waals surface area contributed by atoms with Crippen molar-refractivity contribution in [2.24, 2.45) is 11.8 Å². The Morgan fingerprint density at radius 2 is 1.14 bits per heavy atom. The van der Waals surface area contributed by atoms with Crippen molar-refractivity contribution in [1.29, 1.82) is 0 Å². The van der Waals surface area contributed by atoms with Crippen molar-refractivity contribution in [3.8, 4) is 0 Å². The van der Waals surface area contributed by atoms with E-state index in [1.807, 2.05) is 6.92 Å². The van der Waals surface area contributed by atoms with Crippen LogP contribution in [0.1, 0.15) is 98.3 Å². The number of Topliss-reactive ketones (excluding diaryl/α,β-unsaturated/α-hetero) is 2. The van der Waals surface area contributed by atoms with Crippen molar-refractivity contribution < 1.29 is 9.59 Å². The summed E-state index contributed by atoms with van der Waals surface area (Å²) >= 11 is 0. The van der Waals surface area contributed by atoms with Gasteiger partial charge in [-0.3, -0.25) is 9.59 Å². The Morgan fingerprint density at radius 1 is 0.714 bits per heavy atom. The largest absolute Gasteiger partial charge is 0.300 e. The van der Waals surface area contributed by atoms with Crippen molar-refractivity contribution in [3.63, 3.8) is 0 Å². The van der Waals surface area contributed by atoms with Gasteiger partial charge in [-0.25, -0.2) is 0 Å². The average Bonchev–Trinajstić information content (AvgIpc) is 2.43. The summed E-state index contributed by atoms with van der Waals surface area (Å²) in [5, 5.41) is 0. The van der Waals surface area contributed by atoms with E-state index in [0.717, 1.165) is 12.8 Å². The third-order valence-electron chi connectivity index (χ3n) is 4.64. The van der Waals surface area contributed by atoms with Crippen LogP contribution in [-0.4, -0.2) is 11.6 Å². The Bertz CT molecular complexity index is 283. The number of hydrogen-bond donors (Lipinski definition) is 0. The Labute approximate surface area is 132 Å². The molecule has 0 rings (SSSR count). The van der Waals surface area contributed by atoms with Gasteiger partial charge in [0.2, 0.25) is 0 Å². The fourth-order valence-corrected chi connectivity index (χ4v) is 2.94.